The van der Waals surface area contributed by atoms with E-state index < -0.39 is 15.7 Å². The highest BCUT2D eigenvalue weighted by Gasteiger charge is 2.31. The Kier molecular flexibility index (Phi) is 5.62. The van der Waals surface area contributed by atoms with Gasteiger partial charge in [-0.2, -0.15) is 5.26 Å². The monoisotopic (exact) mass is 347 g/mol. The Morgan fingerprint density at radius 3 is 2.71 bits per heavy atom. The van der Waals surface area contributed by atoms with Crippen LogP contribution in [0.3, 0.4) is 0 Å². The maximum Gasteiger partial charge on any atom is 0.267 e. The van der Waals surface area contributed by atoms with E-state index in [2.05, 4.69) is 5.32 Å². The number of nitrogens with zero attached hydrogens (tertiary/aromatic N) is 2. The molecule has 6 nitrogen and oxygen atoms in total. The van der Waals surface area contributed by atoms with Gasteiger partial charge in [0.05, 0.1) is 11.5 Å². The third-order valence-corrected chi connectivity index (χ3v) is 5.85. The van der Waals surface area contributed by atoms with Crippen LogP contribution in [-0.4, -0.2) is 43.3 Å². The SMILES string of the molecule is CCN(/C=C(/C#N)C(=O)Nc1ccccc1C)C1CCS(=O)(=O)C1. The largest absolute Gasteiger partial charge is 0.372 e. The zero-order valence-corrected chi connectivity index (χ0v) is 14.6. The molecule has 1 aromatic carbocycles. The first kappa shape index (κ1) is 18.0. The van der Waals surface area contributed by atoms with Gasteiger partial charge in [-0.25, -0.2) is 8.42 Å². The third kappa shape index (κ3) is 4.36. The molecule has 1 fully saturated rings. The van der Waals surface area contributed by atoms with Crippen LogP contribution >= 0.6 is 0 Å². The molecule has 128 valence electrons. The lowest BCUT2D eigenvalue weighted by Gasteiger charge is -2.25. The lowest BCUT2D eigenvalue weighted by atomic mass is 10.2. The van der Waals surface area contributed by atoms with E-state index in [1.165, 1.54) is 6.20 Å². The summed E-state index contributed by atoms with van der Waals surface area (Å²) in [5.74, 6) is -0.277. The average molecular weight is 347 g/mol. The lowest BCUT2D eigenvalue weighted by Crippen LogP contribution is -2.32. The van der Waals surface area contributed by atoms with Crippen LogP contribution in [0.2, 0.25) is 0 Å². The number of anilines is 1. The quantitative estimate of drug-likeness (QED) is 0.648. The van der Waals surface area contributed by atoms with Gasteiger partial charge in [0.15, 0.2) is 9.84 Å². The summed E-state index contributed by atoms with van der Waals surface area (Å²) in [6.45, 7) is 4.27. The maximum atomic E-state index is 12.3. The van der Waals surface area contributed by atoms with Gasteiger partial charge in [-0.05, 0) is 31.9 Å². The van der Waals surface area contributed by atoms with Crippen molar-refractivity contribution >= 4 is 21.4 Å². The van der Waals surface area contributed by atoms with Crippen molar-refractivity contribution in [2.45, 2.75) is 26.3 Å². The van der Waals surface area contributed by atoms with Gasteiger partial charge in [-0.3, -0.25) is 4.79 Å². The predicted molar refractivity (Wildman–Crippen MR) is 92.9 cm³/mol. The molecule has 0 radical (unpaired) electrons. The third-order valence-electron chi connectivity index (χ3n) is 4.10. The lowest BCUT2D eigenvalue weighted by molar-refractivity contribution is -0.112. The number of hydrogen-bond donors (Lipinski definition) is 1. The number of sulfone groups is 1. The Hall–Kier alpha value is -2.33. The fourth-order valence-corrected chi connectivity index (χ4v) is 4.44. The van der Waals surface area contributed by atoms with E-state index in [1.807, 2.05) is 32.0 Å². The number of nitriles is 1. The van der Waals surface area contributed by atoms with E-state index >= 15 is 0 Å². The van der Waals surface area contributed by atoms with Crippen LogP contribution in [0.5, 0.6) is 0 Å². The van der Waals surface area contributed by atoms with Crippen LogP contribution in [-0.2, 0) is 14.6 Å². The molecular formula is C17H21N3O3S. The van der Waals surface area contributed by atoms with Gasteiger partial charge in [-0.15, -0.1) is 0 Å². The second-order valence-electron chi connectivity index (χ2n) is 5.81. The van der Waals surface area contributed by atoms with Crippen LogP contribution in [0.4, 0.5) is 5.69 Å². The fraction of sp³-hybridized carbons (Fsp3) is 0.412. The molecule has 0 aromatic heterocycles. The van der Waals surface area contributed by atoms with Crippen LogP contribution in [0, 0.1) is 18.3 Å². The van der Waals surface area contributed by atoms with Crippen molar-refractivity contribution in [3.63, 3.8) is 0 Å². The summed E-state index contributed by atoms with van der Waals surface area (Å²) < 4.78 is 23.3. The molecule has 1 atom stereocenters. The number of hydrogen-bond acceptors (Lipinski definition) is 5. The molecule has 1 aliphatic rings. The number of rotatable bonds is 5. The van der Waals surface area contributed by atoms with Crippen LogP contribution in [0.1, 0.15) is 18.9 Å². The second-order valence-corrected chi connectivity index (χ2v) is 8.04. The smallest absolute Gasteiger partial charge is 0.267 e. The first-order valence-corrected chi connectivity index (χ1v) is 9.63. The topological polar surface area (TPSA) is 90.3 Å². The van der Waals surface area contributed by atoms with Crippen LogP contribution < -0.4 is 5.32 Å². The molecule has 0 bridgehead atoms. The summed E-state index contributed by atoms with van der Waals surface area (Å²) in [5.41, 5.74) is 1.51. The number of carbonyl (C=O) groups is 1. The highest BCUT2D eigenvalue weighted by atomic mass is 32.2. The van der Waals surface area contributed by atoms with Crippen molar-refractivity contribution in [1.29, 1.82) is 5.26 Å². The molecule has 1 unspecified atom stereocenters. The van der Waals surface area contributed by atoms with E-state index in [0.717, 1.165) is 5.56 Å². The first-order chi connectivity index (χ1) is 11.4. The second kappa shape index (κ2) is 7.49. The van der Waals surface area contributed by atoms with Crippen molar-refractivity contribution in [2.24, 2.45) is 0 Å². The molecule has 1 amide bonds. The van der Waals surface area contributed by atoms with E-state index in [1.54, 1.807) is 17.0 Å². The molecule has 24 heavy (non-hydrogen) atoms. The first-order valence-electron chi connectivity index (χ1n) is 7.81. The van der Waals surface area contributed by atoms with Gasteiger partial charge in [0.1, 0.15) is 11.6 Å². The Morgan fingerprint density at radius 2 is 2.17 bits per heavy atom. The minimum atomic E-state index is -3.02. The molecule has 1 heterocycles. The minimum Gasteiger partial charge on any atom is -0.372 e. The molecule has 0 spiro atoms. The standard InChI is InChI=1S/C17H21N3O3S/c1-3-20(15-8-9-24(22,23)12-15)11-14(10-18)17(21)19-16-7-5-4-6-13(16)2/h4-7,11,15H,3,8-9,12H2,1-2H3,(H,19,21)/b14-11-. The Bertz CT molecular complexity index is 794. The summed E-state index contributed by atoms with van der Waals surface area (Å²) in [5, 5.41) is 12.0. The van der Waals surface area contributed by atoms with Crippen LogP contribution in [0.25, 0.3) is 0 Å². The van der Waals surface area contributed by atoms with Crippen molar-refractivity contribution in [3.05, 3.63) is 41.6 Å². The average Bonchev–Trinajstić information content (AvgIpc) is 2.90. The van der Waals surface area contributed by atoms with Gasteiger partial charge < -0.3 is 10.2 Å². The van der Waals surface area contributed by atoms with E-state index in [0.29, 0.717) is 18.7 Å². The van der Waals surface area contributed by atoms with Crippen molar-refractivity contribution < 1.29 is 13.2 Å². The Morgan fingerprint density at radius 1 is 1.46 bits per heavy atom. The number of carbonyl (C=O) groups excluding carboxylic acids is 1. The summed E-state index contributed by atoms with van der Waals surface area (Å²) in [6.07, 6.45) is 1.99. The van der Waals surface area contributed by atoms with E-state index in [4.69, 9.17) is 0 Å². The highest BCUT2D eigenvalue weighted by molar-refractivity contribution is 7.91. The number of amides is 1. The Balaban J connectivity index is 2.16. The van der Waals surface area contributed by atoms with Crippen molar-refractivity contribution in [1.82, 2.24) is 4.90 Å². The molecule has 2 rings (SSSR count). The predicted octanol–water partition coefficient (Wildman–Crippen LogP) is 1.85. The molecule has 0 aliphatic carbocycles. The van der Waals surface area contributed by atoms with E-state index in [9.17, 15) is 18.5 Å². The minimum absolute atomic E-state index is 0.0376. The number of para-hydroxylation sites is 1. The molecule has 1 saturated heterocycles. The zero-order valence-electron chi connectivity index (χ0n) is 13.8. The van der Waals surface area contributed by atoms with Crippen LogP contribution in [0.15, 0.2) is 36.0 Å². The molecule has 1 N–H and O–H groups in total. The van der Waals surface area contributed by atoms with E-state index in [-0.39, 0.29) is 23.1 Å². The van der Waals surface area contributed by atoms with Gasteiger partial charge >= 0.3 is 0 Å². The molecule has 7 heteroatoms. The van der Waals surface area contributed by atoms with Crippen molar-refractivity contribution in [3.8, 4) is 6.07 Å². The maximum absolute atomic E-state index is 12.3. The normalized spacial score (nSPS) is 19.5. The van der Waals surface area contributed by atoms with Crippen molar-refractivity contribution in [2.75, 3.05) is 23.4 Å². The molecule has 1 aliphatic heterocycles. The number of nitrogens with one attached hydrogen (secondary N) is 1. The molecule has 1 aromatic rings. The van der Waals surface area contributed by atoms with Gasteiger partial charge in [0.25, 0.3) is 5.91 Å². The number of aryl methyl sites for hydroxylation is 1. The molecule has 0 saturated carbocycles. The highest BCUT2D eigenvalue weighted by Crippen LogP contribution is 2.19. The summed E-state index contributed by atoms with van der Waals surface area (Å²) >= 11 is 0. The summed E-state index contributed by atoms with van der Waals surface area (Å²) in [6, 6.07) is 9.03. The number of benzene rings is 1. The van der Waals surface area contributed by atoms with Gasteiger partial charge in [-0.1, -0.05) is 18.2 Å². The zero-order chi connectivity index (χ0) is 17.7. The van der Waals surface area contributed by atoms with Gasteiger partial charge in [0, 0.05) is 24.5 Å². The summed E-state index contributed by atoms with van der Waals surface area (Å²) in [4.78, 5) is 14.1. The summed E-state index contributed by atoms with van der Waals surface area (Å²) in [7, 11) is -3.02. The Labute approximate surface area is 142 Å². The molecular weight excluding hydrogens is 326 g/mol. The van der Waals surface area contributed by atoms with Gasteiger partial charge in [0.2, 0.25) is 0 Å². The fourth-order valence-electron chi connectivity index (χ4n) is 2.70.